The van der Waals surface area contributed by atoms with E-state index >= 15 is 0 Å². The molecule has 1 heterocycles. The van der Waals surface area contributed by atoms with E-state index in [2.05, 4.69) is 34.3 Å². The van der Waals surface area contributed by atoms with Crippen molar-refractivity contribution in [3.63, 3.8) is 0 Å². The molecular weight excluding hydrogens is 443 g/mol. The fraction of sp³-hybridized carbons (Fsp3) is 0.174. The van der Waals surface area contributed by atoms with Gasteiger partial charge in [0.05, 0.1) is 12.6 Å². The summed E-state index contributed by atoms with van der Waals surface area (Å²) >= 11 is 3.63. The third-order valence-electron chi connectivity index (χ3n) is 5.20. The van der Waals surface area contributed by atoms with E-state index in [0.29, 0.717) is 5.46 Å². The molecule has 0 spiro atoms. The summed E-state index contributed by atoms with van der Waals surface area (Å²) in [7, 11) is 0.141. The topological polar surface area (TPSA) is 67.5 Å². The molecule has 0 aliphatic carbocycles. The van der Waals surface area contributed by atoms with Crippen molar-refractivity contribution in [1.82, 2.24) is 9.55 Å². The minimum Gasteiger partial charge on any atom is -0.497 e. The summed E-state index contributed by atoms with van der Waals surface area (Å²) in [5.74, 6) is 1.76. The molecule has 0 saturated carbocycles. The third kappa shape index (κ3) is 3.64. The van der Waals surface area contributed by atoms with Crippen LogP contribution >= 0.6 is 15.9 Å². The fourth-order valence-electron chi connectivity index (χ4n) is 3.66. The van der Waals surface area contributed by atoms with Gasteiger partial charge in [0.25, 0.3) is 0 Å². The van der Waals surface area contributed by atoms with Crippen LogP contribution in [0, 0.1) is 0 Å². The molecule has 0 aliphatic heterocycles. The molecule has 0 unspecified atom stereocenters. The quantitative estimate of drug-likeness (QED) is 0.433. The first-order valence-electron chi connectivity index (χ1n) is 9.72. The molecule has 3 aromatic carbocycles. The van der Waals surface area contributed by atoms with Crippen LogP contribution < -0.4 is 10.2 Å². The number of aromatic nitrogens is 2. The van der Waals surface area contributed by atoms with Gasteiger partial charge in [0.2, 0.25) is 0 Å². The van der Waals surface area contributed by atoms with Gasteiger partial charge in [-0.3, -0.25) is 4.57 Å². The van der Waals surface area contributed by atoms with Crippen LogP contribution in [0.2, 0.25) is 0 Å². The highest BCUT2D eigenvalue weighted by atomic mass is 79.9. The number of ether oxygens (including phenoxy) is 1. The van der Waals surface area contributed by atoms with Gasteiger partial charge < -0.3 is 14.8 Å². The number of nitrogens with zero attached hydrogens (tertiary/aromatic N) is 2. The Labute approximate surface area is 184 Å². The Morgan fingerprint density at radius 3 is 2.40 bits per heavy atom. The molecule has 1 aromatic heterocycles. The van der Waals surface area contributed by atoms with Crippen LogP contribution in [-0.4, -0.2) is 33.8 Å². The largest absolute Gasteiger partial charge is 0.497 e. The van der Waals surface area contributed by atoms with E-state index in [4.69, 9.17) is 9.72 Å². The van der Waals surface area contributed by atoms with Crippen LogP contribution in [-0.2, 0) is 0 Å². The van der Waals surface area contributed by atoms with Gasteiger partial charge in [0.1, 0.15) is 17.1 Å². The van der Waals surface area contributed by atoms with Crippen LogP contribution in [0.15, 0.2) is 65.1 Å². The minimum absolute atomic E-state index is 0.172. The van der Waals surface area contributed by atoms with Crippen molar-refractivity contribution in [3.8, 4) is 22.8 Å². The van der Waals surface area contributed by atoms with E-state index in [1.54, 1.807) is 13.2 Å². The van der Waals surface area contributed by atoms with E-state index in [0.717, 1.165) is 43.9 Å². The van der Waals surface area contributed by atoms with Crippen LogP contribution in [0.3, 0.4) is 0 Å². The summed E-state index contributed by atoms with van der Waals surface area (Å²) in [6.07, 6.45) is 0. The summed E-state index contributed by atoms with van der Waals surface area (Å²) < 4.78 is 8.35. The first kappa shape index (κ1) is 20.7. The lowest BCUT2D eigenvalue weighted by molar-refractivity contribution is 0.415. The molecule has 0 atom stereocenters. The highest BCUT2D eigenvalue weighted by Crippen LogP contribution is 2.35. The molecule has 0 amide bonds. The van der Waals surface area contributed by atoms with Gasteiger partial charge in [0, 0.05) is 15.7 Å². The predicted molar refractivity (Wildman–Crippen MR) is 125 cm³/mol. The SMILES string of the molecule is COc1ccc(-n2c(-c3ccc(B(O)O)cc3C(C)C)nc3c(Br)cccc32)cc1. The van der Waals surface area contributed by atoms with Gasteiger partial charge in [-0.25, -0.2) is 4.98 Å². The van der Waals surface area contributed by atoms with Crippen LogP contribution in [0.5, 0.6) is 5.75 Å². The monoisotopic (exact) mass is 464 g/mol. The first-order chi connectivity index (χ1) is 14.4. The second-order valence-electron chi connectivity index (χ2n) is 7.45. The number of benzene rings is 3. The van der Waals surface area contributed by atoms with Gasteiger partial charge in [0.15, 0.2) is 0 Å². The molecular formula is C23H22BBrN2O3. The molecule has 0 saturated heterocycles. The van der Waals surface area contributed by atoms with E-state index in [1.807, 2.05) is 54.6 Å². The number of hydrogen-bond acceptors (Lipinski definition) is 4. The second kappa shape index (κ2) is 8.26. The Hall–Kier alpha value is -2.61. The summed E-state index contributed by atoms with van der Waals surface area (Å²) in [6, 6.07) is 19.4. The van der Waals surface area contributed by atoms with Crippen LogP contribution in [0.1, 0.15) is 25.3 Å². The van der Waals surface area contributed by atoms with Crippen LogP contribution in [0.4, 0.5) is 0 Å². The Morgan fingerprint density at radius 2 is 1.77 bits per heavy atom. The van der Waals surface area contributed by atoms with Crippen molar-refractivity contribution < 1.29 is 14.8 Å². The lowest BCUT2D eigenvalue weighted by atomic mass is 9.77. The third-order valence-corrected chi connectivity index (χ3v) is 5.84. The number of hydrogen-bond donors (Lipinski definition) is 2. The van der Waals surface area contributed by atoms with Gasteiger partial charge in [-0.2, -0.15) is 0 Å². The number of imidazole rings is 1. The summed E-state index contributed by atoms with van der Waals surface area (Å²) in [4.78, 5) is 4.98. The minimum atomic E-state index is -1.51. The van der Waals surface area contributed by atoms with Crippen LogP contribution in [0.25, 0.3) is 28.1 Å². The van der Waals surface area contributed by atoms with Gasteiger partial charge in [-0.1, -0.05) is 38.1 Å². The Morgan fingerprint density at radius 1 is 1.03 bits per heavy atom. The summed E-state index contributed by atoms with van der Waals surface area (Å²) in [5, 5.41) is 19.3. The predicted octanol–water partition coefficient (Wildman–Crippen LogP) is 4.27. The highest BCUT2D eigenvalue weighted by Gasteiger charge is 2.21. The highest BCUT2D eigenvalue weighted by molar-refractivity contribution is 9.10. The zero-order chi connectivity index (χ0) is 21.4. The van der Waals surface area contributed by atoms with Crippen molar-refractivity contribution in [2.75, 3.05) is 7.11 Å². The van der Waals surface area contributed by atoms with E-state index in [9.17, 15) is 10.0 Å². The lowest BCUT2D eigenvalue weighted by Gasteiger charge is -2.16. The average Bonchev–Trinajstić information content (AvgIpc) is 3.14. The zero-order valence-electron chi connectivity index (χ0n) is 17.0. The van der Waals surface area contributed by atoms with E-state index in [-0.39, 0.29) is 5.92 Å². The molecule has 0 bridgehead atoms. The molecule has 0 radical (unpaired) electrons. The van der Waals surface area contributed by atoms with Gasteiger partial charge in [-0.05, 0) is 69.3 Å². The standard InChI is InChI=1S/C23H22BBrN2O3/c1-14(2)19-13-15(24(28)29)7-12-18(19)23-26-22-20(25)5-4-6-21(22)27(23)16-8-10-17(30-3)11-9-16/h4-14,28-29H,1-3H3. The van der Waals surface area contributed by atoms with E-state index in [1.165, 1.54) is 0 Å². The Bertz CT molecular complexity index is 1200. The maximum atomic E-state index is 9.64. The van der Waals surface area contributed by atoms with E-state index < -0.39 is 7.12 Å². The number of halogens is 1. The number of rotatable bonds is 5. The van der Waals surface area contributed by atoms with Crippen molar-refractivity contribution in [3.05, 3.63) is 70.7 Å². The normalized spacial score (nSPS) is 11.3. The molecule has 5 nitrogen and oxygen atoms in total. The zero-order valence-corrected chi connectivity index (χ0v) is 18.6. The molecule has 4 rings (SSSR count). The van der Waals surface area contributed by atoms with Gasteiger partial charge >= 0.3 is 7.12 Å². The number of methoxy groups -OCH3 is 1. The molecule has 0 fully saturated rings. The Kier molecular flexibility index (Phi) is 5.69. The maximum absolute atomic E-state index is 9.64. The molecule has 7 heteroatoms. The Balaban J connectivity index is 2.03. The number of fused-ring (bicyclic) bond motifs is 1. The number of para-hydroxylation sites is 1. The molecule has 30 heavy (non-hydrogen) atoms. The molecule has 0 aliphatic rings. The smallest absolute Gasteiger partial charge is 0.488 e. The van der Waals surface area contributed by atoms with Gasteiger partial charge in [-0.15, -0.1) is 0 Å². The van der Waals surface area contributed by atoms with Crippen molar-refractivity contribution >= 4 is 39.5 Å². The molecule has 152 valence electrons. The maximum Gasteiger partial charge on any atom is 0.488 e. The van der Waals surface area contributed by atoms with Crippen molar-refractivity contribution in [2.45, 2.75) is 19.8 Å². The second-order valence-corrected chi connectivity index (χ2v) is 8.31. The van der Waals surface area contributed by atoms with Crippen molar-refractivity contribution in [1.29, 1.82) is 0 Å². The fourth-order valence-corrected chi connectivity index (χ4v) is 4.11. The molecule has 4 aromatic rings. The first-order valence-corrected chi connectivity index (χ1v) is 10.5. The van der Waals surface area contributed by atoms with Crippen molar-refractivity contribution in [2.24, 2.45) is 0 Å². The lowest BCUT2D eigenvalue weighted by Crippen LogP contribution is -2.30. The molecule has 2 N–H and O–H groups in total. The summed E-state index contributed by atoms with van der Waals surface area (Å²) in [5.41, 5.74) is 5.23. The average molecular weight is 465 g/mol. The summed E-state index contributed by atoms with van der Waals surface area (Å²) in [6.45, 7) is 4.17.